The molecule has 4 heteroatoms. The molecule has 0 bridgehead atoms. The monoisotopic (exact) mass is 296 g/mol. The topological polar surface area (TPSA) is 44.5 Å². The summed E-state index contributed by atoms with van der Waals surface area (Å²) in [5.74, 6) is 0. The fraction of sp³-hybridized carbons (Fsp3) is 1.00. The molecule has 0 radical (unpaired) electrons. The van der Waals surface area contributed by atoms with Crippen LogP contribution in [0, 0.1) is 0 Å². The number of hydrogen-bond donors (Lipinski definition) is 2. The molecular formula is C17H36N4. The lowest BCUT2D eigenvalue weighted by Crippen LogP contribution is -2.57. The van der Waals surface area contributed by atoms with Crippen LogP contribution in [0.2, 0.25) is 0 Å². The Hall–Kier alpha value is -0.160. The number of nitrogens with zero attached hydrogens (tertiary/aromatic N) is 2. The Kier molecular flexibility index (Phi) is 5.35. The highest BCUT2D eigenvalue weighted by Gasteiger charge is 2.30. The van der Waals surface area contributed by atoms with E-state index in [9.17, 15) is 0 Å². The molecule has 2 aliphatic rings. The van der Waals surface area contributed by atoms with E-state index >= 15 is 0 Å². The molecule has 0 spiro atoms. The molecule has 2 fully saturated rings. The van der Waals surface area contributed by atoms with E-state index < -0.39 is 0 Å². The van der Waals surface area contributed by atoms with E-state index in [2.05, 4.69) is 49.7 Å². The molecule has 2 saturated heterocycles. The molecule has 2 aliphatic heterocycles. The fourth-order valence-corrected chi connectivity index (χ4v) is 3.67. The third-order valence-corrected chi connectivity index (χ3v) is 5.23. The van der Waals surface area contributed by atoms with E-state index in [1.54, 1.807) is 0 Å². The van der Waals surface area contributed by atoms with Crippen LogP contribution in [0.1, 0.15) is 60.3 Å². The quantitative estimate of drug-likeness (QED) is 0.836. The molecule has 0 atom stereocenters. The van der Waals surface area contributed by atoms with E-state index in [0.29, 0.717) is 17.6 Å². The summed E-state index contributed by atoms with van der Waals surface area (Å²) in [6, 6.07) is 1.40. The molecule has 0 amide bonds. The number of nitrogens with one attached hydrogen (secondary N) is 1. The van der Waals surface area contributed by atoms with Gasteiger partial charge in [-0.25, -0.2) is 0 Å². The first-order valence-corrected chi connectivity index (χ1v) is 8.71. The average Bonchev–Trinajstić information content (AvgIpc) is 2.38. The highest BCUT2D eigenvalue weighted by Crippen LogP contribution is 2.22. The summed E-state index contributed by atoms with van der Waals surface area (Å²) >= 11 is 0. The van der Waals surface area contributed by atoms with Crippen molar-refractivity contribution in [2.24, 2.45) is 5.73 Å². The van der Waals surface area contributed by atoms with Gasteiger partial charge in [0.05, 0.1) is 5.66 Å². The maximum absolute atomic E-state index is 6.20. The SMILES string of the molecule is CC(C)(C)N1CCC(NC2CCN(C(C)(C)N)CC2)CC1. The van der Waals surface area contributed by atoms with Gasteiger partial charge in [0.15, 0.2) is 0 Å². The Morgan fingerprint density at radius 1 is 0.762 bits per heavy atom. The third kappa shape index (κ3) is 4.92. The minimum Gasteiger partial charge on any atom is -0.314 e. The Balaban J connectivity index is 1.71. The molecule has 0 unspecified atom stereocenters. The summed E-state index contributed by atoms with van der Waals surface area (Å²) in [6.07, 6.45) is 5.06. The molecule has 3 N–H and O–H groups in total. The molecule has 21 heavy (non-hydrogen) atoms. The van der Waals surface area contributed by atoms with E-state index in [4.69, 9.17) is 5.73 Å². The van der Waals surface area contributed by atoms with Gasteiger partial charge in [-0.1, -0.05) is 0 Å². The second-order valence-electron chi connectivity index (χ2n) is 8.51. The molecule has 2 rings (SSSR count). The molecular weight excluding hydrogens is 260 g/mol. The van der Waals surface area contributed by atoms with E-state index in [-0.39, 0.29) is 5.66 Å². The van der Waals surface area contributed by atoms with E-state index in [1.165, 1.54) is 38.8 Å². The van der Waals surface area contributed by atoms with Crippen molar-refractivity contribution in [1.82, 2.24) is 15.1 Å². The fourth-order valence-electron chi connectivity index (χ4n) is 3.67. The van der Waals surface area contributed by atoms with Gasteiger partial charge in [0.2, 0.25) is 0 Å². The van der Waals surface area contributed by atoms with E-state index in [1.807, 2.05) is 0 Å². The highest BCUT2D eigenvalue weighted by atomic mass is 15.3. The normalized spacial score (nSPS) is 25.4. The van der Waals surface area contributed by atoms with Crippen molar-refractivity contribution < 1.29 is 0 Å². The Labute approximate surface area is 131 Å². The first-order valence-electron chi connectivity index (χ1n) is 8.71. The molecule has 0 aromatic rings. The Morgan fingerprint density at radius 3 is 1.48 bits per heavy atom. The van der Waals surface area contributed by atoms with Crippen molar-refractivity contribution in [3.63, 3.8) is 0 Å². The van der Waals surface area contributed by atoms with Gasteiger partial charge in [-0.05, 0) is 60.3 Å². The lowest BCUT2D eigenvalue weighted by atomic mass is 9.95. The maximum Gasteiger partial charge on any atom is 0.0629 e. The van der Waals surface area contributed by atoms with Crippen LogP contribution in [-0.4, -0.2) is 59.3 Å². The van der Waals surface area contributed by atoms with Crippen molar-refractivity contribution in [2.75, 3.05) is 26.2 Å². The summed E-state index contributed by atoms with van der Waals surface area (Å²) in [7, 11) is 0. The van der Waals surface area contributed by atoms with Gasteiger partial charge in [0.1, 0.15) is 0 Å². The molecule has 0 aromatic heterocycles. The minimum absolute atomic E-state index is 0.164. The Bertz CT molecular complexity index is 281. The van der Waals surface area contributed by atoms with Crippen molar-refractivity contribution >= 4 is 0 Å². The van der Waals surface area contributed by atoms with Crippen molar-refractivity contribution in [3.05, 3.63) is 0 Å². The molecule has 4 nitrogen and oxygen atoms in total. The predicted molar refractivity (Wildman–Crippen MR) is 90.3 cm³/mol. The molecule has 0 aliphatic carbocycles. The number of likely N-dealkylation sites (tertiary alicyclic amines) is 2. The zero-order valence-electron chi connectivity index (χ0n) is 14.8. The van der Waals surface area contributed by atoms with Crippen LogP contribution in [0.4, 0.5) is 0 Å². The average molecular weight is 297 g/mol. The number of rotatable bonds is 3. The van der Waals surface area contributed by atoms with Crippen LogP contribution >= 0.6 is 0 Å². The lowest BCUT2D eigenvalue weighted by Gasteiger charge is -2.44. The summed E-state index contributed by atoms with van der Waals surface area (Å²) < 4.78 is 0. The van der Waals surface area contributed by atoms with Crippen LogP contribution in [0.25, 0.3) is 0 Å². The smallest absolute Gasteiger partial charge is 0.0629 e. The van der Waals surface area contributed by atoms with Gasteiger partial charge in [-0.3, -0.25) is 9.80 Å². The minimum atomic E-state index is -0.164. The largest absolute Gasteiger partial charge is 0.314 e. The molecule has 0 aromatic carbocycles. The first-order chi connectivity index (χ1) is 9.66. The van der Waals surface area contributed by atoms with Crippen LogP contribution in [0.5, 0.6) is 0 Å². The zero-order chi connectivity index (χ0) is 15.7. The van der Waals surface area contributed by atoms with Gasteiger partial charge < -0.3 is 11.1 Å². The summed E-state index contributed by atoms with van der Waals surface area (Å²) in [6.45, 7) is 15.9. The number of hydrogen-bond acceptors (Lipinski definition) is 4. The lowest BCUT2D eigenvalue weighted by molar-refractivity contribution is 0.0712. The van der Waals surface area contributed by atoms with Crippen LogP contribution < -0.4 is 11.1 Å². The van der Waals surface area contributed by atoms with Crippen molar-refractivity contribution in [2.45, 2.75) is 83.6 Å². The Morgan fingerprint density at radius 2 is 1.14 bits per heavy atom. The summed E-state index contributed by atoms with van der Waals surface area (Å²) in [4.78, 5) is 5.03. The molecule has 2 heterocycles. The van der Waals surface area contributed by atoms with Gasteiger partial charge in [0.25, 0.3) is 0 Å². The van der Waals surface area contributed by atoms with Crippen LogP contribution in [0.3, 0.4) is 0 Å². The van der Waals surface area contributed by atoms with Gasteiger partial charge in [0, 0.05) is 43.8 Å². The maximum atomic E-state index is 6.20. The van der Waals surface area contributed by atoms with Crippen molar-refractivity contribution in [3.8, 4) is 0 Å². The van der Waals surface area contributed by atoms with Crippen LogP contribution in [0.15, 0.2) is 0 Å². The van der Waals surface area contributed by atoms with Gasteiger partial charge >= 0.3 is 0 Å². The number of piperidine rings is 2. The predicted octanol–water partition coefficient (Wildman–Crippen LogP) is 2.00. The summed E-state index contributed by atoms with van der Waals surface area (Å²) in [5.41, 5.74) is 6.35. The van der Waals surface area contributed by atoms with Gasteiger partial charge in [-0.2, -0.15) is 0 Å². The highest BCUT2D eigenvalue weighted by molar-refractivity contribution is 4.89. The molecule has 0 saturated carbocycles. The zero-order valence-corrected chi connectivity index (χ0v) is 14.8. The third-order valence-electron chi connectivity index (χ3n) is 5.23. The second-order valence-corrected chi connectivity index (χ2v) is 8.51. The van der Waals surface area contributed by atoms with Gasteiger partial charge in [-0.15, -0.1) is 0 Å². The first kappa shape index (κ1) is 17.2. The standard InChI is InChI=1S/C17H36N4/c1-16(2,3)20-10-6-14(7-11-20)19-15-8-12-21(13-9-15)17(4,5)18/h14-15,19H,6-13,18H2,1-5H3. The second kappa shape index (κ2) is 6.53. The molecule has 124 valence electrons. The summed E-state index contributed by atoms with van der Waals surface area (Å²) in [5, 5.41) is 3.91. The number of nitrogens with two attached hydrogens (primary N) is 1. The van der Waals surface area contributed by atoms with Crippen molar-refractivity contribution in [1.29, 1.82) is 0 Å². The van der Waals surface area contributed by atoms with Crippen LogP contribution in [-0.2, 0) is 0 Å². The van der Waals surface area contributed by atoms with E-state index in [0.717, 1.165) is 13.1 Å².